The van der Waals surface area contributed by atoms with Crippen LogP contribution in [0.3, 0.4) is 0 Å². The summed E-state index contributed by atoms with van der Waals surface area (Å²) >= 11 is 0. The highest BCUT2D eigenvalue weighted by Crippen LogP contribution is 2.28. The molecular formula is C26H23NO10. The Bertz CT molecular complexity index is 1220. The van der Waals surface area contributed by atoms with Crippen molar-refractivity contribution in [2.75, 3.05) is 6.61 Å². The van der Waals surface area contributed by atoms with Gasteiger partial charge in [0.2, 0.25) is 6.29 Å². The maximum Gasteiger partial charge on any atom is 0.338 e. The van der Waals surface area contributed by atoms with E-state index in [4.69, 9.17) is 18.9 Å². The number of esters is 2. The third-order valence-electron chi connectivity index (χ3n) is 5.59. The predicted molar refractivity (Wildman–Crippen MR) is 127 cm³/mol. The van der Waals surface area contributed by atoms with Crippen molar-refractivity contribution < 1.29 is 43.7 Å². The van der Waals surface area contributed by atoms with Gasteiger partial charge in [-0.3, -0.25) is 10.1 Å². The van der Waals surface area contributed by atoms with Gasteiger partial charge in [0.25, 0.3) is 5.69 Å². The summed E-state index contributed by atoms with van der Waals surface area (Å²) in [5.74, 6) is -1.36. The lowest BCUT2D eigenvalue weighted by Crippen LogP contribution is -2.61. The number of nitro benzene ring substituents is 1. The smallest absolute Gasteiger partial charge is 0.338 e. The second-order valence-corrected chi connectivity index (χ2v) is 8.09. The Morgan fingerprint density at radius 3 is 1.97 bits per heavy atom. The van der Waals surface area contributed by atoms with Gasteiger partial charge in [0.15, 0.2) is 6.10 Å². The molecule has 11 nitrogen and oxygen atoms in total. The number of hydrogen-bond acceptors (Lipinski definition) is 10. The quantitative estimate of drug-likeness (QED) is 0.263. The topological polar surface area (TPSA) is 155 Å². The molecule has 0 aliphatic carbocycles. The molecule has 5 atom stereocenters. The Balaban J connectivity index is 1.52. The molecule has 0 saturated carbocycles. The summed E-state index contributed by atoms with van der Waals surface area (Å²) in [6.45, 7) is -0.439. The molecule has 1 fully saturated rings. The molecular weight excluding hydrogens is 486 g/mol. The molecule has 1 aliphatic heterocycles. The standard InChI is InChI=1S/C26H23NO10/c28-21-20(15-34-24(30)16-7-3-1-4-8-16)36-26(35-19-13-11-18(12-14-19)27(32)33)23(22(21)29)37-25(31)17-9-5-2-6-10-17/h1-14,20-23,26,28-29H,15H2/t20-,21+,22+,23+,26+/m1/s1. The minimum atomic E-state index is -1.68. The summed E-state index contributed by atoms with van der Waals surface area (Å²) in [4.78, 5) is 35.4. The molecule has 11 heteroatoms. The van der Waals surface area contributed by atoms with Crippen LogP contribution in [0.25, 0.3) is 0 Å². The molecule has 3 aromatic rings. The van der Waals surface area contributed by atoms with Crippen LogP contribution in [0.2, 0.25) is 0 Å². The highest BCUT2D eigenvalue weighted by Gasteiger charge is 2.48. The molecule has 3 aromatic carbocycles. The van der Waals surface area contributed by atoms with E-state index >= 15 is 0 Å². The van der Waals surface area contributed by atoms with Crippen molar-refractivity contribution in [3.8, 4) is 5.75 Å². The zero-order chi connectivity index (χ0) is 26.4. The minimum Gasteiger partial charge on any atom is -0.461 e. The van der Waals surface area contributed by atoms with Gasteiger partial charge < -0.3 is 29.2 Å². The number of non-ortho nitro benzene ring substituents is 1. The van der Waals surface area contributed by atoms with Gasteiger partial charge >= 0.3 is 11.9 Å². The van der Waals surface area contributed by atoms with E-state index in [0.717, 1.165) is 0 Å². The molecule has 0 unspecified atom stereocenters. The lowest BCUT2D eigenvalue weighted by molar-refractivity contribution is -0.384. The van der Waals surface area contributed by atoms with Crippen LogP contribution < -0.4 is 4.74 Å². The molecule has 0 radical (unpaired) electrons. The van der Waals surface area contributed by atoms with Crippen molar-refractivity contribution >= 4 is 17.6 Å². The Hall–Kier alpha value is -4.32. The van der Waals surface area contributed by atoms with Gasteiger partial charge in [0, 0.05) is 12.1 Å². The molecule has 1 aliphatic rings. The van der Waals surface area contributed by atoms with E-state index < -0.39 is 54.2 Å². The van der Waals surface area contributed by atoms with Gasteiger partial charge in [0.1, 0.15) is 30.7 Å². The second-order valence-electron chi connectivity index (χ2n) is 8.09. The predicted octanol–water partition coefficient (Wildman–Crippen LogP) is 2.50. The summed E-state index contributed by atoms with van der Waals surface area (Å²) in [6.07, 6.45) is -7.46. The first kappa shape index (κ1) is 25.8. The lowest BCUT2D eigenvalue weighted by atomic mass is 9.99. The largest absolute Gasteiger partial charge is 0.461 e. The fourth-order valence-corrected chi connectivity index (χ4v) is 3.63. The zero-order valence-corrected chi connectivity index (χ0v) is 19.3. The van der Waals surface area contributed by atoms with Crippen LogP contribution in [0.4, 0.5) is 5.69 Å². The van der Waals surface area contributed by atoms with Crippen molar-refractivity contribution in [1.29, 1.82) is 0 Å². The maximum atomic E-state index is 12.7. The van der Waals surface area contributed by atoms with Crippen molar-refractivity contribution in [1.82, 2.24) is 0 Å². The summed E-state index contributed by atoms with van der Waals surface area (Å²) in [5.41, 5.74) is 0.295. The fourth-order valence-electron chi connectivity index (χ4n) is 3.63. The van der Waals surface area contributed by atoms with Crippen molar-refractivity contribution in [2.45, 2.75) is 30.7 Å². The van der Waals surface area contributed by atoms with Crippen LogP contribution in [-0.2, 0) is 14.2 Å². The van der Waals surface area contributed by atoms with E-state index in [0.29, 0.717) is 0 Å². The molecule has 2 N–H and O–H groups in total. The molecule has 4 rings (SSSR count). The number of benzene rings is 3. The average molecular weight is 509 g/mol. The van der Waals surface area contributed by atoms with Gasteiger partial charge in [-0.05, 0) is 36.4 Å². The van der Waals surface area contributed by atoms with Gasteiger partial charge in [0.05, 0.1) is 16.1 Å². The van der Waals surface area contributed by atoms with E-state index in [1.165, 1.54) is 36.4 Å². The van der Waals surface area contributed by atoms with Gasteiger partial charge in [-0.15, -0.1) is 0 Å². The molecule has 37 heavy (non-hydrogen) atoms. The third-order valence-corrected chi connectivity index (χ3v) is 5.59. The first-order chi connectivity index (χ1) is 17.8. The minimum absolute atomic E-state index is 0.111. The molecule has 0 bridgehead atoms. The summed E-state index contributed by atoms with van der Waals surface area (Å²) in [5, 5.41) is 32.4. The number of rotatable bonds is 8. The number of aliphatic hydroxyl groups excluding tert-OH is 2. The number of nitrogens with zero attached hydrogens (tertiary/aromatic N) is 1. The SMILES string of the molecule is O=C(OC[C@H]1O[C@H](Oc2ccc([N+](=O)[O-])cc2)[C@@H](OC(=O)c2ccccc2)[C@@H](O)[C@H]1O)c1ccccc1. The van der Waals surface area contributed by atoms with Crippen LogP contribution in [0.5, 0.6) is 5.75 Å². The van der Waals surface area contributed by atoms with Crippen LogP contribution in [0.1, 0.15) is 20.7 Å². The van der Waals surface area contributed by atoms with E-state index in [1.54, 1.807) is 48.5 Å². The van der Waals surface area contributed by atoms with E-state index in [9.17, 15) is 29.9 Å². The molecule has 0 aromatic heterocycles. The summed E-state index contributed by atoms with van der Waals surface area (Å²) < 4.78 is 22.2. The monoisotopic (exact) mass is 509 g/mol. The maximum absolute atomic E-state index is 12.7. The fraction of sp³-hybridized carbons (Fsp3) is 0.231. The van der Waals surface area contributed by atoms with Crippen molar-refractivity contribution in [3.63, 3.8) is 0 Å². The number of hydrogen-bond donors (Lipinski definition) is 2. The van der Waals surface area contributed by atoms with Crippen LogP contribution in [0, 0.1) is 10.1 Å². The lowest BCUT2D eigenvalue weighted by Gasteiger charge is -2.41. The second kappa shape index (κ2) is 11.6. The van der Waals surface area contributed by atoms with E-state index in [2.05, 4.69) is 0 Å². The third kappa shape index (κ3) is 6.28. The van der Waals surface area contributed by atoms with Crippen LogP contribution >= 0.6 is 0 Å². The highest BCUT2D eigenvalue weighted by molar-refractivity contribution is 5.89. The Labute approximate surface area is 210 Å². The molecule has 0 spiro atoms. The van der Waals surface area contributed by atoms with Crippen LogP contribution in [-0.4, -0.2) is 64.4 Å². The number of nitro groups is 1. The van der Waals surface area contributed by atoms with Gasteiger partial charge in [-0.1, -0.05) is 36.4 Å². The van der Waals surface area contributed by atoms with Crippen molar-refractivity contribution in [2.24, 2.45) is 0 Å². The number of carbonyl (C=O) groups is 2. The Morgan fingerprint density at radius 2 is 1.41 bits per heavy atom. The number of aliphatic hydroxyl groups is 2. The average Bonchev–Trinajstić information content (AvgIpc) is 2.93. The first-order valence-electron chi connectivity index (χ1n) is 11.2. The van der Waals surface area contributed by atoms with Gasteiger partial charge in [-0.25, -0.2) is 9.59 Å². The van der Waals surface area contributed by atoms with E-state index in [-0.39, 0.29) is 22.6 Å². The van der Waals surface area contributed by atoms with Gasteiger partial charge in [-0.2, -0.15) is 0 Å². The molecule has 192 valence electrons. The Morgan fingerprint density at radius 1 is 0.838 bits per heavy atom. The molecule has 1 saturated heterocycles. The normalized spacial score (nSPS) is 23.0. The number of ether oxygens (including phenoxy) is 4. The summed E-state index contributed by atoms with van der Waals surface area (Å²) in [6, 6.07) is 21.1. The summed E-state index contributed by atoms with van der Waals surface area (Å²) in [7, 11) is 0. The number of carbonyl (C=O) groups excluding carboxylic acids is 2. The first-order valence-corrected chi connectivity index (χ1v) is 11.2. The van der Waals surface area contributed by atoms with E-state index in [1.807, 2.05) is 0 Å². The van der Waals surface area contributed by atoms with Crippen LogP contribution in [0.15, 0.2) is 84.9 Å². The molecule has 1 heterocycles. The van der Waals surface area contributed by atoms with Crippen molar-refractivity contribution in [3.05, 3.63) is 106 Å². The zero-order valence-electron chi connectivity index (χ0n) is 19.3. The molecule has 0 amide bonds. The Kier molecular flexibility index (Phi) is 8.08. The highest BCUT2D eigenvalue weighted by atomic mass is 16.7.